The Labute approximate surface area is 191 Å². The molecule has 2 amide bonds. The maximum Gasteiger partial charge on any atom is 0.257 e. The minimum absolute atomic E-state index is 0.000459. The number of benzene rings is 2. The van der Waals surface area contributed by atoms with Crippen molar-refractivity contribution in [3.8, 4) is 0 Å². The summed E-state index contributed by atoms with van der Waals surface area (Å²) in [5.41, 5.74) is 0.629. The third-order valence-corrected chi connectivity index (χ3v) is 6.45. The molecule has 0 aliphatic rings. The molecule has 0 radical (unpaired) electrons. The molecule has 0 aliphatic carbocycles. The lowest BCUT2D eigenvalue weighted by Crippen LogP contribution is -2.45. The van der Waals surface area contributed by atoms with E-state index in [0.29, 0.717) is 17.2 Å². The molecule has 1 aromatic heterocycles. The lowest BCUT2D eigenvalue weighted by molar-refractivity contribution is -0.132. The first kappa shape index (κ1) is 23.4. The molecular weight excluding hydrogens is 446 g/mol. The minimum atomic E-state index is -4.10. The van der Waals surface area contributed by atoms with Crippen LogP contribution in [0.1, 0.15) is 18.4 Å². The van der Waals surface area contributed by atoms with Crippen molar-refractivity contribution in [2.24, 2.45) is 5.92 Å². The van der Waals surface area contributed by atoms with Crippen molar-refractivity contribution in [3.63, 3.8) is 0 Å². The largest absolute Gasteiger partial charge is 0.312 e. The quantitative estimate of drug-likeness (QED) is 0.378. The van der Waals surface area contributed by atoms with Gasteiger partial charge in [-0.3, -0.25) is 9.59 Å². The molecule has 1 unspecified atom stereocenters. The standard InChI is InChI=1S/C23H23N3O4S2/c1-3-7-20(22(27)25-32(29,30)15-12-21-24-13-14-31-21)23(28)26(4-2)19-11-10-17-8-5-6-9-18(17)16-19/h3,5-6,8-16,20H,1,4,7H2,2H3,(H,25,27)/b15-12+. The summed E-state index contributed by atoms with van der Waals surface area (Å²) in [5, 5.41) is 5.03. The van der Waals surface area contributed by atoms with Gasteiger partial charge in [-0.1, -0.05) is 36.4 Å². The number of sulfonamides is 1. The Hall–Kier alpha value is -3.30. The second kappa shape index (κ2) is 10.3. The van der Waals surface area contributed by atoms with Crippen molar-refractivity contribution in [3.05, 3.63) is 77.1 Å². The van der Waals surface area contributed by atoms with E-state index in [1.165, 1.54) is 28.4 Å². The van der Waals surface area contributed by atoms with E-state index in [0.717, 1.165) is 16.2 Å². The number of nitrogens with one attached hydrogen (secondary N) is 1. The number of nitrogens with zero attached hydrogens (tertiary/aromatic N) is 2. The Bertz CT molecular complexity index is 1250. The lowest BCUT2D eigenvalue weighted by atomic mass is 10.0. The first-order valence-corrected chi connectivity index (χ1v) is 12.3. The summed E-state index contributed by atoms with van der Waals surface area (Å²) in [6.07, 6.45) is 4.26. The number of amides is 2. The highest BCUT2D eigenvalue weighted by Gasteiger charge is 2.32. The number of rotatable bonds is 9. The van der Waals surface area contributed by atoms with Crippen LogP contribution in [0.15, 0.2) is 72.1 Å². The molecule has 32 heavy (non-hydrogen) atoms. The molecule has 1 N–H and O–H groups in total. The molecule has 3 rings (SSSR count). The normalized spacial score (nSPS) is 12.5. The summed E-state index contributed by atoms with van der Waals surface area (Å²) in [4.78, 5) is 31.5. The molecule has 1 atom stereocenters. The highest BCUT2D eigenvalue weighted by molar-refractivity contribution is 7.93. The predicted molar refractivity (Wildman–Crippen MR) is 128 cm³/mol. The van der Waals surface area contributed by atoms with Crippen molar-refractivity contribution in [2.75, 3.05) is 11.4 Å². The monoisotopic (exact) mass is 469 g/mol. The van der Waals surface area contributed by atoms with Crippen LogP contribution in [-0.2, 0) is 19.6 Å². The van der Waals surface area contributed by atoms with E-state index in [1.54, 1.807) is 24.6 Å². The fraction of sp³-hybridized carbons (Fsp3) is 0.174. The van der Waals surface area contributed by atoms with Crippen LogP contribution in [0.25, 0.3) is 16.8 Å². The van der Waals surface area contributed by atoms with Gasteiger partial charge in [0, 0.05) is 23.8 Å². The maximum absolute atomic E-state index is 13.3. The number of hydrogen-bond acceptors (Lipinski definition) is 6. The van der Waals surface area contributed by atoms with Gasteiger partial charge in [0.2, 0.25) is 11.8 Å². The molecule has 0 saturated heterocycles. The summed E-state index contributed by atoms with van der Waals surface area (Å²) in [6.45, 7) is 5.72. The fourth-order valence-corrected chi connectivity index (χ4v) is 4.61. The maximum atomic E-state index is 13.3. The van der Waals surface area contributed by atoms with Gasteiger partial charge in [-0.05, 0) is 42.3 Å². The number of aromatic nitrogens is 1. The zero-order valence-electron chi connectivity index (χ0n) is 17.5. The summed E-state index contributed by atoms with van der Waals surface area (Å²) in [6, 6.07) is 13.3. The average molecular weight is 470 g/mol. The third-order valence-electron chi connectivity index (χ3n) is 4.73. The van der Waals surface area contributed by atoms with Gasteiger partial charge in [-0.2, -0.15) is 0 Å². The van der Waals surface area contributed by atoms with Gasteiger partial charge in [0.15, 0.2) is 0 Å². The van der Waals surface area contributed by atoms with Gasteiger partial charge in [0.05, 0.1) is 5.41 Å². The molecule has 0 bridgehead atoms. The second-order valence-corrected chi connectivity index (χ2v) is 9.37. The topological polar surface area (TPSA) is 96.4 Å². The van der Waals surface area contributed by atoms with E-state index >= 15 is 0 Å². The zero-order valence-corrected chi connectivity index (χ0v) is 19.1. The molecule has 7 nitrogen and oxygen atoms in total. The van der Waals surface area contributed by atoms with Gasteiger partial charge >= 0.3 is 0 Å². The Morgan fingerprint density at radius 1 is 1.22 bits per heavy atom. The molecule has 9 heteroatoms. The Kier molecular flexibility index (Phi) is 7.55. The predicted octanol–water partition coefficient (Wildman–Crippen LogP) is 3.96. The van der Waals surface area contributed by atoms with Gasteiger partial charge in [-0.25, -0.2) is 18.1 Å². The van der Waals surface area contributed by atoms with Crippen molar-refractivity contribution >= 4 is 55.7 Å². The van der Waals surface area contributed by atoms with Crippen molar-refractivity contribution < 1.29 is 18.0 Å². The Balaban J connectivity index is 1.82. The summed E-state index contributed by atoms with van der Waals surface area (Å²) >= 11 is 1.26. The number of carbonyl (C=O) groups excluding carboxylic acids is 2. The van der Waals surface area contributed by atoms with Crippen LogP contribution in [-0.4, -0.2) is 31.8 Å². The van der Waals surface area contributed by atoms with Gasteiger partial charge in [0.25, 0.3) is 10.0 Å². The first-order chi connectivity index (χ1) is 15.3. The van der Waals surface area contributed by atoms with E-state index in [2.05, 4.69) is 11.6 Å². The number of anilines is 1. The van der Waals surface area contributed by atoms with E-state index in [9.17, 15) is 18.0 Å². The van der Waals surface area contributed by atoms with Crippen molar-refractivity contribution in [1.82, 2.24) is 9.71 Å². The molecule has 3 aromatic rings. The van der Waals surface area contributed by atoms with Crippen LogP contribution >= 0.6 is 11.3 Å². The van der Waals surface area contributed by atoms with E-state index in [1.807, 2.05) is 41.1 Å². The van der Waals surface area contributed by atoms with Crippen LogP contribution in [0.4, 0.5) is 5.69 Å². The number of thiazole rings is 1. The highest BCUT2D eigenvalue weighted by Crippen LogP contribution is 2.24. The molecule has 2 aromatic carbocycles. The van der Waals surface area contributed by atoms with E-state index in [-0.39, 0.29) is 6.42 Å². The van der Waals surface area contributed by atoms with Crippen molar-refractivity contribution in [2.45, 2.75) is 13.3 Å². The van der Waals surface area contributed by atoms with E-state index in [4.69, 9.17) is 0 Å². The zero-order chi connectivity index (χ0) is 23.1. The molecule has 0 spiro atoms. The molecular formula is C23H23N3O4S2. The molecule has 0 saturated carbocycles. The van der Waals surface area contributed by atoms with Gasteiger partial charge < -0.3 is 4.90 Å². The smallest absolute Gasteiger partial charge is 0.257 e. The highest BCUT2D eigenvalue weighted by atomic mass is 32.2. The number of fused-ring (bicyclic) bond motifs is 1. The van der Waals surface area contributed by atoms with Gasteiger partial charge in [-0.15, -0.1) is 17.9 Å². The Morgan fingerprint density at radius 2 is 1.97 bits per heavy atom. The van der Waals surface area contributed by atoms with Crippen LogP contribution in [0, 0.1) is 5.92 Å². The summed E-state index contributed by atoms with van der Waals surface area (Å²) in [7, 11) is -4.10. The molecule has 0 aliphatic heterocycles. The number of allylic oxidation sites excluding steroid dienone is 1. The van der Waals surface area contributed by atoms with Crippen LogP contribution in [0.2, 0.25) is 0 Å². The van der Waals surface area contributed by atoms with Crippen LogP contribution in [0.5, 0.6) is 0 Å². The van der Waals surface area contributed by atoms with Crippen molar-refractivity contribution in [1.29, 1.82) is 0 Å². The third kappa shape index (κ3) is 5.68. The fourth-order valence-electron chi connectivity index (χ4n) is 3.19. The van der Waals surface area contributed by atoms with Crippen LogP contribution < -0.4 is 9.62 Å². The number of hydrogen-bond donors (Lipinski definition) is 1. The van der Waals surface area contributed by atoms with E-state index < -0.39 is 27.8 Å². The average Bonchev–Trinajstić information content (AvgIpc) is 3.30. The van der Waals surface area contributed by atoms with Gasteiger partial charge in [0.1, 0.15) is 10.9 Å². The molecule has 0 fully saturated rings. The molecule has 1 heterocycles. The first-order valence-electron chi connectivity index (χ1n) is 9.90. The Morgan fingerprint density at radius 3 is 2.62 bits per heavy atom. The number of carbonyl (C=O) groups is 2. The van der Waals surface area contributed by atoms with Crippen LogP contribution in [0.3, 0.4) is 0 Å². The molecule has 166 valence electrons. The second-order valence-electron chi connectivity index (χ2n) is 6.88. The lowest BCUT2D eigenvalue weighted by Gasteiger charge is -2.25. The summed E-state index contributed by atoms with van der Waals surface area (Å²) in [5.74, 6) is -2.64. The SMILES string of the molecule is C=CCC(C(=O)NS(=O)(=O)/C=C/c1nccs1)C(=O)N(CC)c1ccc2ccccc2c1. The minimum Gasteiger partial charge on any atom is -0.312 e. The summed E-state index contributed by atoms with van der Waals surface area (Å²) < 4.78 is 26.6.